The van der Waals surface area contributed by atoms with Crippen LogP contribution in [0.5, 0.6) is 5.75 Å². The van der Waals surface area contributed by atoms with Crippen LogP contribution in [0.4, 0.5) is 4.79 Å². The molecule has 0 saturated carbocycles. The van der Waals surface area contributed by atoms with Crippen molar-refractivity contribution in [2.75, 3.05) is 20.2 Å². The lowest BCUT2D eigenvalue weighted by atomic mass is 9.97. The SMILES string of the molecule is COc1cccc(CNC(=O)N2CCCC(c3nc4ccccc4[nH]3)C2)c1. The van der Waals surface area contributed by atoms with Gasteiger partial charge < -0.3 is 19.9 Å². The van der Waals surface area contributed by atoms with E-state index in [0.29, 0.717) is 13.1 Å². The fraction of sp³-hybridized carbons (Fsp3) is 0.333. The van der Waals surface area contributed by atoms with Crippen LogP contribution >= 0.6 is 0 Å². The summed E-state index contributed by atoms with van der Waals surface area (Å²) in [6, 6.07) is 15.8. The van der Waals surface area contributed by atoms with Gasteiger partial charge in [-0.1, -0.05) is 24.3 Å². The van der Waals surface area contributed by atoms with Crippen LogP contribution in [-0.2, 0) is 6.54 Å². The van der Waals surface area contributed by atoms with Gasteiger partial charge in [0.2, 0.25) is 0 Å². The summed E-state index contributed by atoms with van der Waals surface area (Å²) in [5.74, 6) is 2.01. The van der Waals surface area contributed by atoms with E-state index in [2.05, 4.69) is 10.3 Å². The van der Waals surface area contributed by atoms with Gasteiger partial charge >= 0.3 is 6.03 Å². The first-order valence-corrected chi connectivity index (χ1v) is 9.33. The van der Waals surface area contributed by atoms with Crippen LogP contribution in [0, 0.1) is 0 Å². The highest BCUT2D eigenvalue weighted by atomic mass is 16.5. The van der Waals surface area contributed by atoms with Gasteiger partial charge in [-0.05, 0) is 42.7 Å². The van der Waals surface area contributed by atoms with Crippen LogP contribution in [0.25, 0.3) is 11.0 Å². The Morgan fingerprint density at radius 2 is 2.19 bits per heavy atom. The highest BCUT2D eigenvalue weighted by Gasteiger charge is 2.26. The van der Waals surface area contributed by atoms with Gasteiger partial charge in [0.05, 0.1) is 18.1 Å². The number of rotatable bonds is 4. The molecule has 0 aliphatic carbocycles. The molecule has 1 aromatic heterocycles. The summed E-state index contributed by atoms with van der Waals surface area (Å²) >= 11 is 0. The minimum atomic E-state index is -0.0290. The zero-order valence-electron chi connectivity index (χ0n) is 15.4. The second kappa shape index (κ2) is 7.70. The third-order valence-corrected chi connectivity index (χ3v) is 5.08. The molecular weight excluding hydrogens is 340 g/mol. The fourth-order valence-electron chi connectivity index (χ4n) is 3.62. The lowest BCUT2D eigenvalue weighted by molar-refractivity contribution is 0.178. The van der Waals surface area contributed by atoms with Crippen molar-refractivity contribution in [1.82, 2.24) is 20.2 Å². The third-order valence-electron chi connectivity index (χ3n) is 5.08. The summed E-state index contributed by atoms with van der Waals surface area (Å²) in [6.07, 6.45) is 2.02. The molecule has 0 bridgehead atoms. The van der Waals surface area contributed by atoms with E-state index in [9.17, 15) is 4.79 Å². The molecule has 1 saturated heterocycles. The lowest BCUT2D eigenvalue weighted by Crippen LogP contribution is -2.44. The molecule has 1 fully saturated rings. The second-order valence-corrected chi connectivity index (χ2v) is 6.93. The fourth-order valence-corrected chi connectivity index (χ4v) is 3.62. The number of nitrogens with zero attached hydrogens (tertiary/aromatic N) is 2. The maximum absolute atomic E-state index is 12.6. The molecule has 0 spiro atoms. The molecule has 2 N–H and O–H groups in total. The predicted molar refractivity (Wildman–Crippen MR) is 105 cm³/mol. The van der Waals surface area contributed by atoms with Crippen molar-refractivity contribution in [3.8, 4) is 5.75 Å². The van der Waals surface area contributed by atoms with Crippen molar-refractivity contribution in [3.05, 3.63) is 59.9 Å². The van der Waals surface area contributed by atoms with Gasteiger partial charge in [0, 0.05) is 25.6 Å². The van der Waals surface area contributed by atoms with Crippen molar-refractivity contribution < 1.29 is 9.53 Å². The molecule has 2 heterocycles. The molecule has 1 atom stereocenters. The topological polar surface area (TPSA) is 70.2 Å². The highest BCUT2D eigenvalue weighted by molar-refractivity contribution is 5.75. The summed E-state index contributed by atoms with van der Waals surface area (Å²) in [6.45, 7) is 1.95. The number of methoxy groups -OCH3 is 1. The average Bonchev–Trinajstić information content (AvgIpc) is 3.16. The van der Waals surface area contributed by atoms with Crippen LogP contribution in [0.1, 0.15) is 30.1 Å². The van der Waals surface area contributed by atoms with E-state index in [0.717, 1.165) is 47.6 Å². The molecule has 4 rings (SSSR count). The van der Waals surface area contributed by atoms with Crippen LogP contribution < -0.4 is 10.1 Å². The Labute approximate surface area is 158 Å². The highest BCUT2D eigenvalue weighted by Crippen LogP contribution is 2.26. The largest absolute Gasteiger partial charge is 0.497 e. The zero-order valence-corrected chi connectivity index (χ0v) is 15.4. The van der Waals surface area contributed by atoms with Crippen LogP contribution in [0.15, 0.2) is 48.5 Å². The number of urea groups is 1. The monoisotopic (exact) mass is 364 g/mol. The molecule has 1 unspecified atom stereocenters. The minimum Gasteiger partial charge on any atom is -0.497 e. The van der Waals surface area contributed by atoms with Gasteiger partial charge in [0.1, 0.15) is 11.6 Å². The van der Waals surface area contributed by atoms with Crippen molar-refractivity contribution >= 4 is 17.1 Å². The van der Waals surface area contributed by atoms with E-state index >= 15 is 0 Å². The number of imidazole rings is 1. The molecule has 6 heteroatoms. The first-order valence-electron chi connectivity index (χ1n) is 9.33. The molecule has 2 amide bonds. The summed E-state index contributed by atoms with van der Waals surface area (Å²) in [5, 5.41) is 3.02. The molecular formula is C21H24N4O2. The van der Waals surface area contributed by atoms with Crippen LogP contribution in [-0.4, -0.2) is 41.1 Å². The Morgan fingerprint density at radius 1 is 1.30 bits per heavy atom. The normalized spacial score (nSPS) is 17.1. The molecule has 2 aromatic carbocycles. The summed E-state index contributed by atoms with van der Waals surface area (Å²) < 4.78 is 5.23. The van der Waals surface area contributed by atoms with Gasteiger partial charge in [0.15, 0.2) is 0 Å². The first-order chi connectivity index (χ1) is 13.2. The molecule has 6 nitrogen and oxygen atoms in total. The molecule has 27 heavy (non-hydrogen) atoms. The smallest absolute Gasteiger partial charge is 0.317 e. The zero-order chi connectivity index (χ0) is 18.6. The Hall–Kier alpha value is -3.02. The molecule has 1 aliphatic heterocycles. The maximum Gasteiger partial charge on any atom is 0.317 e. The Balaban J connectivity index is 1.39. The van der Waals surface area contributed by atoms with Crippen molar-refractivity contribution in [2.24, 2.45) is 0 Å². The molecule has 1 aliphatic rings. The minimum absolute atomic E-state index is 0.0290. The maximum atomic E-state index is 12.6. The number of carbonyl (C=O) groups is 1. The summed E-state index contributed by atoms with van der Waals surface area (Å²) in [4.78, 5) is 22.6. The predicted octanol–water partition coefficient (Wildman–Crippen LogP) is 3.66. The van der Waals surface area contributed by atoms with E-state index in [4.69, 9.17) is 9.72 Å². The number of H-pyrrole nitrogens is 1. The third kappa shape index (κ3) is 3.89. The Kier molecular flexibility index (Phi) is 4.96. The first kappa shape index (κ1) is 17.4. The van der Waals surface area contributed by atoms with E-state index in [1.807, 2.05) is 53.4 Å². The summed E-state index contributed by atoms with van der Waals surface area (Å²) in [5.41, 5.74) is 3.05. The van der Waals surface area contributed by atoms with E-state index in [1.165, 1.54) is 0 Å². The number of likely N-dealkylation sites (tertiary alicyclic amines) is 1. The van der Waals surface area contributed by atoms with E-state index in [1.54, 1.807) is 7.11 Å². The van der Waals surface area contributed by atoms with Crippen molar-refractivity contribution in [2.45, 2.75) is 25.3 Å². The number of aromatic nitrogens is 2. The van der Waals surface area contributed by atoms with Gasteiger partial charge in [-0.3, -0.25) is 0 Å². The lowest BCUT2D eigenvalue weighted by Gasteiger charge is -2.31. The number of hydrogen-bond acceptors (Lipinski definition) is 3. The van der Waals surface area contributed by atoms with Crippen LogP contribution in [0.3, 0.4) is 0 Å². The molecule has 140 valence electrons. The standard InChI is InChI=1S/C21H24N4O2/c1-27-17-8-4-6-15(12-17)13-22-21(26)25-11-5-7-16(14-25)20-23-18-9-2-3-10-19(18)24-20/h2-4,6,8-10,12,16H,5,7,11,13-14H2,1H3,(H,22,26)(H,23,24). The van der Waals surface area contributed by atoms with Crippen molar-refractivity contribution in [3.63, 3.8) is 0 Å². The number of carbonyl (C=O) groups excluding carboxylic acids is 1. The quantitative estimate of drug-likeness (QED) is 0.742. The number of aromatic amines is 1. The van der Waals surface area contributed by atoms with Gasteiger partial charge in [-0.25, -0.2) is 9.78 Å². The Bertz CT molecular complexity index is 904. The number of piperidine rings is 1. The number of para-hydroxylation sites is 2. The molecule has 0 radical (unpaired) electrons. The number of amides is 2. The van der Waals surface area contributed by atoms with Gasteiger partial charge in [-0.15, -0.1) is 0 Å². The number of nitrogens with one attached hydrogen (secondary N) is 2. The van der Waals surface area contributed by atoms with Crippen LogP contribution in [0.2, 0.25) is 0 Å². The number of benzene rings is 2. The van der Waals surface area contributed by atoms with E-state index in [-0.39, 0.29) is 11.9 Å². The Morgan fingerprint density at radius 3 is 3.04 bits per heavy atom. The average molecular weight is 364 g/mol. The van der Waals surface area contributed by atoms with Gasteiger partial charge in [0.25, 0.3) is 0 Å². The number of ether oxygens (including phenoxy) is 1. The number of hydrogen-bond donors (Lipinski definition) is 2. The van der Waals surface area contributed by atoms with E-state index < -0.39 is 0 Å². The van der Waals surface area contributed by atoms with Crippen molar-refractivity contribution in [1.29, 1.82) is 0 Å². The molecule has 3 aromatic rings. The number of fused-ring (bicyclic) bond motifs is 1. The van der Waals surface area contributed by atoms with Gasteiger partial charge in [-0.2, -0.15) is 0 Å². The summed E-state index contributed by atoms with van der Waals surface area (Å²) in [7, 11) is 1.64. The second-order valence-electron chi connectivity index (χ2n) is 6.93.